The van der Waals surface area contributed by atoms with Gasteiger partial charge in [0.15, 0.2) is 5.78 Å². The third-order valence-corrected chi connectivity index (χ3v) is 3.62. The third kappa shape index (κ3) is 3.29. The second kappa shape index (κ2) is 5.79. The topological polar surface area (TPSA) is 39.1 Å². The molecular formula is C13H9BrINO2. The Morgan fingerprint density at radius 3 is 2.50 bits per heavy atom. The zero-order valence-electron chi connectivity index (χ0n) is 9.27. The molecule has 2 rings (SSSR count). The molecule has 0 N–H and O–H groups in total. The fourth-order valence-corrected chi connectivity index (χ4v) is 2.25. The molecule has 0 saturated heterocycles. The van der Waals surface area contributed by atoms with Crippen molar-refractivity contribution in [1.29, 1.82) is 0 Å². The summed E-state index contributed by atoms with van der Waals surface area (Å²) in [4.78, 5) is 23.6. The van der Waals surface area contributed by atoms with Crippen LogP contribution in [-0.2, 0) is 6.54 Å². The minimum absolute atomic E-state index is 0.0544. The third-order valence-electron chi connectivity index (χ3n) is 2.43. The lowest BCUT2D eigenvalue weighted by atomic mass is 10.1. The predicted octanol–water partition coefficient (Wildman–Crippen LogP) is 3.10. The minimum Gasteiger partial charge on any atom is -0.307 e. The smallest absolute Gasteiger partial charge is 0.251 e. The SMILES string of the molecule is O=C(Cn1cc(Br)ccc1=O)c1ccc(I)cc1. The lowest BCUT2D eigenvalue weighted by molar-refractivity contribution is 0.0971. The van der Waals surface area contributed by atoms with Crippen molar-refractivity contribution in [2.75, 3.05) is 0 Å². The number of benzene rings is 1. The fraction of sp³-hybridized carbons (Fsp3) is 0.0769. The molecular weight excluding hydrogens is 409 g/mol. The summed E-state index contributed by atoms with van der Waals surface area (Å²) in [5.74, 6) is -0.0772. The largest absolute Gasteiger partial charge is 0.307 e. The van der Waals surface area contributed by atoms with Gasteiger partial charge in [0.25, 0.3) is 5.56 Å². The van der Waals surface area contributed by atoms with Crippen molar-refractivity contribution in [2.45, 2.75) is 6.54 Å². The molecule has 1 aromatic carbocycles. The van der Waals surface area contributed by atoms with E-state index in [0.29, 0.717) is 5.56 Å². The van der Waals surface area contributed by atoms with Crippen molar-refractivity contribution in [3.05, 3.63) is 66.6 Å². The highest BCUT2D eigenvalue weighted by Crippen LogP contribution is 2.09. The molecule has 1 aromatic heterocycles. The highest BCUT2D eigenvalue weighted by molar-refractivity contribution is 14.1. The van der Waals surface area contributed by atoms with Crippen molar-refractivity contribution < 1.29 is 4.79 Å². The molecule has 1 heterocycles. The lowest BCUT2D eigenvalue weighted by Crippen LogP contribution is -2.22. The van der Waals surface area contributed by atoms with Gasteiger partial charge in [0, 0.05) is 25.9 Å². The minimum atomic E-state index is -0.183. The van der Waals surface area contributed by atoms with Crippen molar-refractivity contribution in [3.63, 3.8) is 0 Å². The maximum absolute atomic E-state index is 12.0. The molecule has 0 fully saturated rings. The van der Waals surface area contributed by atoms with E-state index in [9.17, 15) is 9.59 Å². The Bertz CT molecular complexity index is 634. The van der Waals surface area contributed by atoms with E-state index >= 15 is 0 Å². The summed E-state index contributed by atoms with van der Waals surface area (Å²) in [5.41, 5.74) is 0.430. The summed E-state index contributed by atoms with van der Waals surface area (Å²) in [6, 6.07) is 10.4. The molecule has 0 aliphatic carbocycles. The van der Waals surface area contributed by atoms with E-state index in [4.69, 9.17) is 0 Å². The first-order valence-electron chi connectivity index (χ1n) is 5.21. The van der Waals surface area contributed by atoms with Crippen molar-refractivity contribution in [1.82, 2.24) is 4.57 Å². The molecule has 2 aromatic rings. The summed E-state index contributed by atoms with van der Waals surface area (Å²) < 4.78 is 3.24. The molecule has 3 nitrogen and oxygen atoms in total. The zero-order chi connectivity index (χ0) is 13.1. The number of hydrogen-bond acceptors (Lipinski definition) is 2. The summed E-state index contributed by atoms with van der Waals surface area (Å²) in [6.45, 7) is 0.0544. The Morgan fingerprint density at radius 1 is 1.17 bits per heavy atom. The van der Waals surface area contributed by atoms with Gasteiger partial charge < -0.3 is 4.57 Å². The summed E-state index contributed by atoms with van der Waals surface area (Å²) in [5, 5.41) is 0. The van der Waals surface area contributed by atoms with Crippen LogP contribution in [0.15, 0.2) is 51.9 Å². The monoisotopic (exact) mass is 417 g/mol. The maximum Gasteiger partial charge on any atom is 0.251 e. The standard InChI is InChI=1S/C13H9BrINO2/c14-10-3-6-13(18)16(7-10)8-12(17)9-1-4-11(15)5-2-9/h1-7H,8H2. The average molecular weight is 418 g/mol. The molecule has 0 radical (unpaired) electrons. The van der Waals surface area contributed by atoms with Crippen LogP contribution >= 0.6 is 38.5 Å². The highest BCUT2D eigenvalue weighted by atomic mass is 127. The zero-order valence-corrected chi connectivity index (χ0v) is 13.0. The predicted molar refractivity (Wildman–Crippen MR) is 81.9 cm³/mol. The number of ketones is 1. The molecule has 0 saturated carbocycles. The van der Waals surface area contributed by atoms with Gasteiger partial charge in [0.1, 0.15) is 0 Å². The quantitative estimate of drug-likeness (QED) is 0.568. The first-order valence-corrected chi connectivity index (χ1v) is 7.08. The van der Waals surface area contributed by atoms with Crippen LogP contribution in [0, 0.1) is 3.57 Å². The summed E-state index contributed by atoms with van der Waals surface area (Å²) in [6.07, 6.45) is 1.62. The highest BCUT2D eigenvalue weighted by Gasteiger charge is 2.07. The van der Waals surface area contributed by atoms with E-state index < -0.39 is 0 Å². The molecule has 0 unspecified atom stereocenters. The number of halogens is 2. The fourth-order valence-electron chi connectivity index (χ4n) is 1.51. The van der Waals surface area contributed by atoms with Crippen LogP contribution in [-0.4, -0.2) is 10.4 Å². The van der Waals surface area contributed by atoms with Gasteiger partial charge in [-0.1, -0.05) is 12.1 Å². The first-order chi connectivity index (χ1) is 8.56. The van der Waals surface area contributed by atoms with E-state index in [1.165, 1.54) is 10.6 Å². The lowest BCUT2D eigenvalue weighted by Gasteiger charge is -2.05. The van der Waals surface area contributed by atoms with E-state index in [1.54, 1.807) is 24.4 Å². The van der Waals surface area contributed by atoms with Crippen molar-refractivity contribution in [3.8, 4) is 0 Å². The first kappa shape index (κ1) is 13.5. The molecule has 0 aliphatic heterocycles. The van der Waals surface area contributed by atoms with Crippen LogP contribution in [0.5, 0.6) is 0 Å². The Kier molecular flexibility index (Phi) is 4.34. The van der Waals surface area contributed by atoms with Gasteiger partial charge in [-0.05, 0) is 56.7 Å². The molecule has 0 bridgehead atoms. The van der Waals surface area contributed by atoms with Crippen molar-refractivity contribution >= 4 is 44.3 Å². The number of nitrogens with zero attached hydrogens (tertiary/aromatic N) is 1. The number of hydrogen-bond donors (Lipinski definition) is 0. The van der Waals surface area contributed by atoms with E-state index in [-0.39, 0.29) is 17.9 Å². The average Bonchev–Trinajstić information content (AvgIpc) is 2.34. The second-order valence-corrected chi connectivity index (χ2v) is 5.90. The Morgan fingerprint density at radius 2 is 1.83 bits per heavy atom. The van der Waals surface area contributed by atoms with Gasteiger partial charge >= 0.3 is 0 Å². The summed E-state index contributed by atoms with van der Waals surface area (Å²) >= 11 is 5.46. The summed E-state index contributed by atoms with van der Waals surface area (Å²) in [7, 11) is 0. The van der Waals surface area contributed by atoms with E-state index in [1.807, 2.05) is 12.1 Å². The number of aromatic nitrogens is 1. The van der Waals surface area contributed by atoms with Gasteiger partial charge in [-0.3, -0.25) is 9.59 Å². The van der Waals surface area contributed by atoms with Crippen LogP contribution in [0.1, 0.15) is 10.4 Å². The van der Waals surface area contributed by atoms with Crippen LogP contribution < -0.4 is 5.56 Å². The normalized spacial score (nSPS) is 10.3. The van der Waals surface area contributed by atoms with Gasteiger partial charge in [0.2, 0.25) is 0 Å². The van der Waals surface area contributed by atoms with Crippen LogP contribution in [0.4, 0.5) is 0 Å². The maximum atomic E-state index is 12.0. The van der Waals surface area contributed by atoms with E-state index in [2.05, 4.69) is 38.5 Å². The molecule has 0 atom stereocenters. The van der Waals surface area contributed by atoms with Crippen LogP contribution in [0.3, 0.4) is 0 Å². The van der Waals surface area contributed by atoms with Gasteiger partial charge in [-0.25, -0.2) is 0 Å². The molecule has 18 heavy (non-hydrogen) atoms. The number of carbonyl (C=O) groups excluding carboxylic acids is 1. The number of pyridine rings is 1. The molecule has 0 spiro atoms. The van der Waals surface area contributed by atoms with E-state index in [0.717, 1.165) is 8.04 Å². The molecule has 5 heteroatoms. The number of rotatable bonds is 3. The molecule has 0 aliphatic rings. The Hall–Kier alpha value is -0.950. The van der Waals surface area contributed by atoms with Gasteiger partial charge in [0.05, 0.1) is 6.54 Å². The Labute approximate surface area is 126 Å². The van der Waals surface area contributed by atoms with Gasteiger partial charge in [-0.2, -0.15) is 0 Å². The van der Waals surface area contributed by atoms with Crippen LogP contribution in [0.2, 0.25) is 0 Å². The van der Waals surface area contributed by atoms with Crippen molar-refractivity contribution in [2.24, 2.45) is 0 Å². The van der Waals surface area contributed by atoms with Crippen LogP contribution in [0.25, 0.3) is 0 Å². The molecule has 0 amide bonds. The number of carbonyl (C=O) groups is 1. The second-order valence-electron chi connectivity index (χ2n) is 3.74. The number of Topliss-reactive ketones (excluding diaryl/α,β-unsaturated/α-hetero) is 1. The Balaban J connectivity index is 2.24. The van der Waals surface area contributed by atoms with Gasteiger partial charge in [-0.15, -0.1) is 0 Å². The molecule has 92 valence electrons.